The fourth-order valence-corrected chi connectivity index (χ4v) is 2.20. The molecule has 96 valence electrons. The molecular weight excluding hydrogens is 258 g/mol. The van der Waals surface area contributed by atoms with Crippen LogP contribution in [0.4, 0.5) is 14.5 Å². The van der Waals surface area contributed by atoms with Crippen LogP contribution in [0.5, 0.6) is 5.75 Å². The van der Waals surface area contributed by atoms with E-state index in [0.717, 1.165) is 10.6 Å². The Hall–Kier alpha value is -1.69. The lowest BCUT2D eigenvalue weighted by Gasteiger charge is -2.11. The second-order valence-corrected chi connectivity index (χ2v) is 4.53. The molecule has 0 bridgehead atoms. The molecule has 0 spiro atoms. The zero-order chi connectivity index (χ0) is 13.0. The minimum absolute atomic E-state index is 0.148. The molecule has 1 aromatic heterocycles. The topological polar surface area (TPSA) is 34.2 Å². The van der Waals surface area contributed by atoms with Crippen LogP contribution in [0.25, 0.3) is 0 Å². The van der Waals surface area contributed by atoms with Crippen LogP contribution in [0.3, 0.4) is 0 Å². The van der Waals surface area contributed by atoms with Gasteiger partial charge < -0.3 is 10.1 Å². The highest BCUT2D eigenvalue weighted by Crippen LogP contribution is 2.26. The zero-order valence-corrected chi connectivity index (χ0v) is 10.5. The second kappa shape index (κ2) is 5.77. The third-order valence-electron chi connectivity index (χ3n) is 2.39. The number of aryl methyl sites for hydroxylation is 1. The highest BCUT2D eigenvalue weighted by Gasteiger charge is 2.09. The van der Waals surface area contributed by atoms with Gasteiger partial charge in [0, 0.05) is 4.88 Å². The van der Waals surface area contributed by atoms with Crippen molar-refractivity contribution in [2.75, 3.05) is 5.32 Å². The van der Waals surface area contributed by atoms with Crippen molar-refractivity contribution in [3.63, 3.8) is 0 Å². The number of thiazole rings is 1. The van der Waals surface area contributed by atoms with Crippen LogP contribution in [0, 0.1) is 6.92 Å². The molecule has 1 heterocycles. The lowest BCUT2D eigenvalue weighted by Crippen LogP contribution is -2.06. The quantitative estimate of drug-likeness (QED) is 0.900. The molecule has 0 aliphatic carbocycles. The number of nitrogens with one attached hydrogen (secondary N) is 1. The largest absolute Gasteiger partial charge is 0.433 e. The highest BCUT2D eigenvalue weighted by molar-refractivity contribution is 7.09. The summed E-state index contributed by atoms with van der Waals surface area (Å²) in [5.41, 5.74) is 3.25. The molecule has 2 rings (SSSR count). The third-order valence-corrected chi connectivity index (χ3v) is 3.32. The van der Waals surface area contributed by atoms with E-state index in [9.17, 15) is 8.78 Å². The Kier molecular flexibility index (Phi) is 4.09. The van der Waals surface area contributed by atoms with Gasteiger partial charge in [0.25, 0.3) is 0 Å². The molecule has 0 unspecified atom stereocenters. The number of benzene rings is 1. The summed E-state index contributed by atoms with van der Waals surface area (Å²) in [4.78, 5) is 5.20. The number of hydrogen-bond acceptors (Lipinski definition) is 4. The van der Waals surface area contributed by atoms with Crippen LogP contribution in [0.2, 0.25) is 0 Å². The van der Waals surface area contributed by atoms with Gasteiger partial charge in [0.2, 0.25) is 0 Å². The molecule has 3 nitrogen and oxygen atoms in total. The predicted molar refractivity (Wildman–Crippen MR) is 67.3 cm³/mol. The molecular formula is C12H12F2N2OS. The van der Waals surface area contributed by atoms with Crippen LogP contribution in [-0.2, 0) is 6.54 Å². The monoisotopic (exact) mass is 270 g/mol. The molecule has 0 atom stereocenters. The average molecular weight is 270 g/mol. The van der Waals surface area contributed by atoms with Gasteiger partial charge in [0.05, 0.1) is 23.4 Å². The summed E-state index contributed by atoms with van der Waals surface area (Å²) >= 11 is 1.53. The summed E-state index contributed by atoms with van der Waals surface area (Å²) in [6.07, 6.45) is 0. The fraction of sp³-hybridized carbons (Fsp3) is 0.250. The second-order valence-electron chi connectivity index (χ2n) is 3.59. The molecule has 0 radical (unpaired) electrons. The van der Waals surface area contributed by atoms with Crippen molar-refractivity contribution in [1.82, 2.24) is 4.98 Å². The molecule has 6 heteroatoms. The minimum Gasteiger partial charge on any atom is -0.433 e. The summed E-state index contributed by atoms with van der Waals surface area (Å²) < 4.78 is 28.9. The smallest absolute Gasteiger partial charge is 0.387 e. The van der Waals surface area contributed by atoms with E-state index in [4.69, 9.17) is 0 Å². The Morgan fingerprint density at radius 3 is 2.83 bits per heavy atom. The van der Waals surface area contributed by atoms with Gasteiger partial charge in [-0.15, -0.1) is 11.3 Å². The Morgan fingerprint density at radius 2 is 2.17 bits per heavy atom. The maximum Gasteiger partial charge on any atom is 0.387 e. The van der Waals surface area contributed by atoms with Gasteiger partial charge in [-0.25, -0.2) is 4.98 Å². The molecule has 2 aromatic rings. The highest BCUT2D eigenvalue weighted by atomic mass is 32.1. The standard InChI is InChI=1S/C12H12F2N2OS/c1-8-11(18-7-16-8)6-15-9-4-2-3-5-10(9)17-12(13)14/h2-5,7,12,15H,6H2,1H3. The number of aromatic nitrogens is 1. The number of nitrogens with zero attached hydrogens (tertiary/aromatic N) is 1. The average Bonchev–Trinajstić information content (AvgIpc) is 2.73. The van der Waals surface area contributed by atoms with Gasteiger partial charge in [-0.05, 0) is 19.1 Å². The van der Waals surface area contributed by atoms with E-state index in [1.807, 2.05) is 6.92 Å². The first-order valence-electron chi connectivity index (χ1n) is 5.33. The van der Waals surface area contributed by atoms with Crippen LogP contribution in [0.15, 0.2) is 29.8 Å². The van der Waals surface area contributed by atoms with Crippen molar-refractivity contribution in [2.24, 2.45) is 0 Å². The molecule has 1 aromatic carbocycles. The Morgan fingerprint density at radius 1 is 1.39 bits per heavy atom. The summed E-state index contributed by atoms with van der Waals surface area (Å²) in [7, 11) is 0. The van der Waals surface area contributed by atoms with Gasteiger partial charge in [0.1, 0.15) is 5.75 Å². The summed E-state index contributed by atoms with van der Waals surface area (Å²) in [5.74, 6) is 0.148. The van der Waals surface area contributed by atoms with Crippen molar-refractivity contribution in [3.8, 4) is 5.75 Å². The normalized spacial score (nSPS) is 10.7. The summed E-state index contributed by atoms with van der Waals surface area (Å²) in [6, 6.07) is 6.63. The molecule has 0 fully saturated rings. The lowest BCUT2D eigenvalue weighted by molar-refractivity contribution is -0.0493. The maximum absolute atomic E-state index is 12.2. The van der Waals surface area contributed by atoms with Gasteiger partial charge in [-0.1, -0.05) is 12.1 Å². The number of hydrogen-bond donors (Lipinski definition) is 1. The van der Waals surface area contributed by atoms with Crippen LogP contribution in [0.1, 0.15) is 10.6 Å². The minimum atomic E-state index is -2.82. The van der Waals surface area contributed by atoms with E-state index < -0.39 is 6.61 Å². The van der Waals surface area contributed by atoms with Crippen molar-refractivity contribution < 1.29 is 13.5 Å². The molecule has 0 amide bonds. The molecule has 18 heavy (non-hydrogen) atoms. The number of para-hydroxylation sites is 2. The number of alkyl halides is 2. The Labute approximate surface area is 107 Å². The first-order chi connectivity index (χ1) is 8.66. The first kappa shape index (κ1) is 12.8. The van der Waals surface area contributed by atoms with Gasteiger partial charge in [-0.2, -0.15) is 8.78 Å². The van der Waals surface area contributed by atoms with Gasteiger partial charge in [-0.3, -0.25) is 0 Å². The van der Waals surface area contributed by atoms with E-state index >= 15 is 0 Å². The fourth-order valence-electron chi connectivity index (χ4n) is 1.48. The van der Waals surface area contributed by atoms with Gasteiger partial charge >= 0.3 is 6.61 Å². The lowest BCUT2D eigenvalue weighted by atomic mass is 10.3. The molecule has 1 N–H and O–H groups in total. The van der Waals surface area contributed by atoms with Crippen molar-refractivity contribution in [1.29, 1.82) is 0 Å². The van der Waals surface area contributed by atoms with E-state index in [0.29, 0.717) is 12.2 Å². The zero-order valence-electron chi connectivity index (χ0n) is 9.69. The van der Waals surface area contributed by atoms with E-state index in [2.05, 4.69) is 15.0 Å². The molecule has 0 saturated heterocycles. The van der Waals surface area contributed by atoms with Crippen molar-refractivity contribution in [3.05, 3.63) is 40.3 Å². The number of halogens is 2. The van der Waals surface area contributed by atoms with E-state index in [1.165, 1.54) is 17.4 Å². The van der Waals surface area contributed by atoms with Crippen LogP contribution < -0.4 is 10.1 Å². The number of anilines is 1. The third kappa shape index (κ3) is 3.16. The first-order valence-corrected chi connectivity index (χ1v) is 6.21. The van der Waals surface area contributed by atoms with Crippen molar-refractivity contribution in [2.45, 2.75) is 20.1 Å². The maximum atomic E-state index is 12.2. The summed E-state index contributed by atoms with van der Waals surface area (Å²) in [6.45, 7) is -0.368. The van der Waals surface area contributed by atoms with Crippen molar-refractivity contribution >= 4 is 17.0 Å². The SMILES string of the molecule is Cc1ncsc1CNc1ccccc1OC(F)F. The van der Waals surface area contributed by atoms with Crippen LogP contribution >= 0.6 is 11.3 Å². The van der Waals surface area contributed by atoms with E-state index in [1.54, 1.807) is 23.7 Å². The Bertz CT molecular complexity index is 516. The number of rotatable bonds is 5. The molecule has 0 saturated carbocycles. The van der Waals surface area contributed by atoms with Crippen LogP contribution in [-0.4, -0.2) is 11.6 Å². The predicted octanol–water partition coefficient (Wildman–Crippen LogP) is 3.67. The molecule has 0 aliphatic rings. The van der Waals surface area contributed by atoms with E-state index in [-0.39, 0.29) is 5.75 Å². The number of ether oxygens (including phenoxy) is 1. The molecule has 0 aliphatic heterocycles. The summed E-state index contributed by atoms with van der Waals surface area (Å²) in [5, 5.41) is 3.07. The Balaban J connectivity index is 2.07. The van der Waals surface area contributed by atoms with Gasteiger partial charge in [0.15, 0.2) is 0 Å².